The maximum absolute atomic E-state index is 8.90. The van der Waals surface area contributed by atoms with Gasteiger partial charge < -0.3 is 62.3 Å². The number of ether oxygens (including phenoxy) is 11. The van der Waals surface area contributed by atoms with Crippen LogP contribution in [0.4, 0.5) is 0 Å². The van der Waals surface area contributed by atoms with E-state index in [4.69, 9.17) is 62.3 Å². The third-order valence-electron chi connectivity index (χ3n) is 4.22. The predicted octanol–water partition coefficient (Wildman–Crippen LogP) is -0.590. The molecule has 0 aromatic heterocycles. The fourth-order valence-electron chi connectivity index (χ4n) is 2.45. The monoisotopic (exact) mass is 578 g/mol. The SMILES string of the molecule is OCCOCCOCCOCCOCCOCCOCCOCCOCCOCCOCCOCC(O)S. The molecule has 0 bridgehead atoms. The average molecular weight is 579 g/mol. The summed E-state index contributed by atoms with van der Waals surface area (Å²) in [6, 6.07) is 0. The first-order valence-corrected chi connectivity index (χ1v) is 13.6. The average Bonchev–Trinajstić information content (AvgIpc) is 2.91. The summed E-state index contributed by atoms with van der Waals surface area (Å²) in [7, 11) is 0. The van der Waals surface area contributed by atoms with Crippen LogP contribution in [0.2, 0.25) is 0 Å². The lowest BCUT2D eigenvalue weighted by Crippen LogP contribution is -2.15. The van der Waals surface area contributed by atoms with Gasteiger partial charge in [-0.05, 0) is 0 Å². The second-order valence-electron chi connectivity index (χ2n) is 7.40. The van der Waals surface area contributed by atoms with E-state index in [1.807, 2.05) is 0 Å². The van der Waals surface area contributed by atoms with Crippen molar-refractivity contribution in [2.45, 2.75) is 5.44 Å². The minimum Gasteiger partial charge on any atom is -0.394 e. The number of hydrogen-bond donors (Lipinski definition) is 3. The van der Waals surface area contributed by atoms with E-state index in [0.29, 0.717) is 139 Å². The molecule has 230 valence electrons. The van der Waals surface area contributed by atoms with Crippen molar-refractivity contribution >= 4 is 12.6 Å². The summed E-state index contributed by atoms with van der Waals surface area (Å²) in [6.45, 7) is 10.3. The molecular weight excluding hydrogens is 528 g/mol. The Hall–Kier alpha value is -0.170. The van der Waals surface area contributed by atoms with Gasteiger partial charge in [0.1, 0.15) is 5.44 Å². The Bertz CT molecular complexity index is 425. The standard InChI is InChI=1S/C24H50O13S/c25-1-2-27-3-4-28-5-6-29-7-8-30-9-10-31-11-12-32-13-14-33-15-16-34-17-18-35-19-20-36-21-22-37-23-24(26)38/h24-26,38H,1-23H2. The molecule has 0 radical (unpaired) electrons. The van der Waals surface area contributed by atoms with E-state index in [0.717, 1.165) is 0 Å². The second-order valence-corrected chi connectivity index (χ2v) is 8.00. The molecule has 0 saturated carbocycles. The summed E-state index contributed by atoms with van der Waals surface area (Å²) in [5.74, 6) is 0. The van der Waals surface area contributed by atoms with Gasteiger partial charge in [0.2, 0.25) is 0 Å². The van der Waals surface area contributed by atoms with Crippen molar-refractivity contribution in [3.8, 4) is 0 Å². The fraction of sp³-hybridized carbons (Fsp3) is 1.00. The lowest BCUT2D eigenvalue weighted by molar-refractivity contribution is -0.0283. The molecule has 38 heavy (non-hydrogen) atoms. The molecule has 13 nitrogen and oxygen atoms in total. The van der Waals surface area contributed by atoms with Crippen molar-refractivity contribution in [3.63, 3.8) is 0 Å². The van der Waals surface area contributed by atoms with Gasteiger partial charge in [-0.2, -0.15) is 0 Å². The summed E-state index contributed by atoms with van der Waals surface area (Å²) in [5.41, 5.74) is -0.758. The molecular formula is C24H50O13S. The highest BCUT2D eigenvalue weighted by molar-refractivity contribution is 7.80. The summed E-state index contributed by atoms with van der Waals surface area (Å²) in [5, 5.41) is 17.5. The Morgan fingerprint density at radius 1 is 0.342 bits per heavy atom. The molecule has 14 heteroatoms. The molecule has 0 aromatic carbocycles. The molecule has 1 unspecified atom stereocenters. The zero-order valence-electron chi connectivity index (χ0n) is 22.7. The van der Waals surface area contributed by atoms with Crippen molar-refractivity contribution in [1.82, 2.24) is 0 Å². The van der Waals surface area contributed by atoms with Gasteiger partial charge in [0.25, 0.3) is 0 Å². The van der Waals surface area contributed by atoms with Gasteiger partial charge >= 0.3 is 0 Å². The molecule has 0 rings (SSSR count). The van der Waals surface area contributed by atoms with Crippen LogP contribution in [0, 0.1) is 0 Å². The topological polar surface area (TPSA) is 142 Å². The Morgan fingerprint density at radius 2 is 0.526 bits per heavy atom. The number of rotatable bonds is 34. The number of thiol groups is 1. The van der Waals surface area contributed by atoms with Gasteiger partial charge in [-0.1, -0.05) is 0 Å². The van der Waals surface area contributed by atoms with Gasteiger partial charge in [-0.15, -0.1) is 12.6 Å². The third kappa shape index (κ3) is 35.8. The number of aliphatic hydroxyl groups excluding tert-OH is 2. The molecule has 0 heterocycles. The zero-order valence-corrected chi connectivity index (χ0v) is 23.6. The molecule has 0 aliphatic heterocycles. The largest absolute Gasteiger partial charge is 0.394 e. The highest BCUT2D eigenvalue weighted by Gasteiger charge is 1.97. The maximum Gasteiger partial charge on any atom is 0.120 e. The van der Waals surface area contributed by atoms with E-state index in [2.05, 4.69) is 12.6 Å². The van der Waals surface area contributed by atoms with Crippen molar-refractivity contribution in [1.29, 1.82) is 0 Å². The molecule has 2 N–H and O–H groups in total. The minimum absolute atomic E-state index is 0.0241. The summed E-state index contributed by atoms with van der Waals surface area (Å²) >= 11 is 3.79. The van der Waals surface area contributed by atoms with Crippen LogP contribution in [0.5, 0.6) is 0 Å². The molecule has 0 fully saturated rings. The van der Waals surface area contributed by atoms with E-state index >= 15 is 0 Å². The van der Waals surface area contributed by atoms with Crippen LogP contribution in [-0.2, 0) is 52.1 Å². The quantitative estimate of drug-likeness (QED) is 0.0509. The molecule has 0 amide bonds. The van der Waals surface area contributed by atoms with Crippen molar-refractivity contribution in [2.24, 2.45) is 0 Å². The van der Waals surface area contributed by atoms with E-state index in [1.54, 1.807) is 0 Å². The Balaban J connectivity index is 3.02. The fourth-order valence-corrected chi connectivity index (χ4v) is 2.56. The molecule has 0 saturated heterocycles. The Morgan fingerprint density at radius 3 is 0.711 bits per heavy atom. The smallest absolute Gasteiger partial charge is 0.120 e. The van der Waals surface area contributed by atoms with Crippen molar-refractivity contribution < 1.29 is 62.3 Å². The van der Waals surface area contributed by atoms with E-state index in [-0.39, 0.29) is 13.2 Å². The lowest BCUT2D eigenvalue weighted by Gasteiger charge is -2.09. The van der Waals surface area contributed by atoms with E-state index in [1.165, 1.54) is 0 Å². The van der Waals surface area contributed by atoms with Crippen LogP contribution in [0.25, 0.3) is 0 Å². The van der Waals surface area contributed by atoms with Gasteiger partial charge in [0, 0.05) is 0 Å². The highest BCUT2D eigenvalue weighted by atomic mass is 32.1. The molecule has 0 spiro atoms. The van der Waals surface area contributed by atoms with Crippen LogP contribution in [0.1, 0.15) is 0 Å². The van der Waals surface area contributed by atoms with Crippen LogP contribution in [-0.4, -0.2) is 168 Å². The first kappa shape index (κ1) is 37.8. The van der Waals surface area contributed by atoms with Gasteiger partial charge in [0.05, 0.1) is 152 Å². The zero-order chi connectivity index (χ0) is 27.6. The molecule has 0 aromatic rings. The number of hydrogen-bond acceptors (Lipinski definition) is 14. The molecule has 1 atom stereocenters. The van der Waals surface area contributed by atoms with Gasteiger partial charge in [0.15, 0.2) is 0 Å². The minimum atomic E-state index is -0.758. The second kappa shape index (κ2) is 34.9. The summed E-state index contributed by atoms with van der Waals surface area (Å²) < 4.78 is 58.7. The van der Waals surface area contributed by atoms with Crippen LogP contribution in [0.3, 0.4) is 0 Å². The predicted molar refractivity (Wildman–Crippen MR) is 141 cm³/mol. The molecule has 0 aliphatic carbocycles. The highest BCUT2D eigenvalue weighted by Crippen LogP contribution is 1.90. The summed E-state index contributed by atoms with van der Waals surface area (Å²) in [4.78, 5) is 0. The number of aliphatic hydroxyl groups is 2. The summed E-state index contributed by atoms with van der Waals surface area (Å²) in [6.07, 6.45) is 0. The first-order valence-electron chi connectivity index (χ1n) is 13.1. The van der Waals surface area contributed by atoms with E-state index in [9.17, 15) is 0 Å². The third-order valence-corrected chi connectivity index (χ3v) is 4.37. The lowest BCUT2D eigenvalue weighted by atomic mass is 10.6. The Kier molecular flexibility index (Phi) is 34.7. The van der Waals surface area contributed by atoms with Crippen LogP contribution in [0.15, 0.2) is 0 Å². The van der Waals surface area contributed by atoms with Crippen molar-refractivity contribution in [2.75, 3.05) is 152 Å². The van der Waals surface area contributed by atoms with Gasteiger partial charge in [-0.3, -0.25) is 0 Å². The Labute approximate surface area is 232 Å². The van der Waals surface area contributed by atoms with Crippen LogP contribution < -0.4 is 0 Å². The van der Waals surface area contributed by atoms with Gasteiger partial charge in [-0.25, -0.2) is 0 Å². The van der Waals surface area contributed by atoms with E-state index < -0.39 is 5.44 Å². The first-order chi connectivity index (χ1) is 18.8. The van der Waals surface area contributed by atoms with Crippen LogP contribution >= 0.6 is 12.6 Å². The maximum atomic E-state index is 8.90. The normalized spacial score (nSPS) is 12.4. The molecule has 0 aliphatic rings. The van der Waals surface area contributed by atoms with Crippen molar-refractivity contribution in [3.05, 3.63) is 0 Å².